The largest absolute Gasteiger partial charge is 0.481 e. The number of carbonyl (C=O) groups is 2. The van der Waals surface area contributed by atoms with Crippen molar-refractivity contribution in [2.45, 2.75) is 12.8 Å². The van der Waals surface area contributed by atoms with Crippen LogP contribution in [0.2, 0.25) is 0 Å². The second-order valence-electron chi connectivity index (χ2n) is 4.40. The quantitative estimate of drug-likeness (QED) is 0.806. The summed E-state index contributed by atoms with van der Waals surface area (Å²) in [6, 6.07) is 3.31. The lowest BCUT2D eigenvalue weighted by molar-refractivity contribution is -0.137. The lowest BCUT2D eigenvalue weighted by Crippen LogP contribution is -2.24. The molecule has 0 atom stereocenters. The van der Waals surface area contributed by atoms with E-state index in [-0.39, 0.29) is 18.0 Å². The van der Waals surface area contributed by atoms with Crippen molar-refractivity contribution in [3.8, 4) is 0 Å². The molecule has 0 spiro atoms. The van der Waals surface area contributed by atoms with E-state index in [4.69, 9.17) is 5.11 Å². The molecule has 1 rings (SSSR count). The van der Waals surface area contributed by atoms with Crippen LogP contribution in [-0.4, -0.2) is 59.8 Å². The van der Waals surface area contributed by atoms with Crippen LogP contribution >= 0.6 is 0 Å². The number of amides is 1. The van der Waals surface area contributed by atoms with Crippen LogP contribution < -0.4 is 4.90 Å². The Morgan fingerprint density at radius 2 is 1.89 bits per heavy atom. The Hall–Kier alpha value is -2.18. The summed E-state index contributed by atoms with van der Waals surface area (Å²) in [5.74, 6) is -0.403. The molecule has 19 heavy (non-hydrogen) atoms. The summed E-state index contributed by atoms with van der Waals surface area (Å²) < 4.78 is 0. The topological polar surface area (TPSA) is 86.6 Å². The highest BCUT2D eigenvalue weighted by Crippen LogP contribution is 2.09. The highest BCUT2D eigenvalue weighted by molar-refractivity contribution is 5.91. The maximum absolute atomic E-state index is 11.6. The number of aliphatic carboxylic acids is 1. The zero-order valence-electron chi connectivity index (χ0n) is 11.3. The Kier molecular flexibility index (Phi) is 5.23. The van der Waals surface area contributed by atoms with Gasteiger partial charge < -0.3 is 14.9 Å². The van der Waals surface area contributed by atoms with Gasteiger partial charge in [-0.05, 0) is 18.6 Å². The number of rotatable bonds is 6. The summed E-state index contributed by atoms with van der Waals surface area (Å²) >= 11 is 0. The highest BCUT2D eigenvalue weighted by atomic mass is 16.4. The van der Waals surface area contributed by atoms with Crippen molar-refractivity contribution in [1.29, 1.82) is 0 Å². The molecule has 0 unspecified atom stereocenters. The molecule has 0 aliphatic rings. The zero-order valence-corrected chi connectivity index (χ0v) is 11.3. The van der Waals surface area contributed by atoms with Crippen LogP contribution in [0.4, 0.5) is 5.82 Å². The first-order valence-electron chi connectivity index (χ1n) is 5.90. The van der Waals surface area contributed by atoms with Gasteiger partial charge in [-0.15, -0.1) is 10.2 Å². The van der Waals surface area contributed by atoms with E-state index in [1.54, 1.807) is 38.2 Å². The van der Waals surface area contributed by atoms with Crippen LogP contribution in [0.15, 0.2) is 12.1 Å². The predicted octanol–water partition coefficient (Wildman–Crippen LogP) is 0.479. The van der Waals surface area contributed by atoms with Crippen LogP contribution in [0.3, 0.4) is 0 Å². The van der Waals surface area contributed by atoms with E-state index in [1.807, 2.05) is 0 Å². The Morgan fingerprint density at radius 3 is 2.37 bits per heavy atom. The molecule has 7 nitrogen and oxygen atoms in total. The van der Waals surface area contributed by atoms with Crippen LogP contribution in [0, 0.1) is 0 Å². The number of carboxylic acid groups (broad SMARTS) is 1. The van der Waals surface area contributed by atoms with Crippen LogP contribution in [-0.2, 0) is 4.79 Å². The molecule has 1 heterocycles. The average molecular weight is 266 g/mol. The van der Waals surface area contributed by atoms with Crippen molar-refractivity contribution in [1.82, 2.24) is 15.1 Å². The molecule has 1 amide bonds. The van der Waals surface area contributed by atoms with Gasteiger partial charge in [-0.1, -0.05) is 0 Å². The van der Waals surface area contributed by atoms with Crippen LogP contribution in [0.5, 0.6) is 0 Å². The predicted molar refractivity (Wildman–Crippen MR) is 70.2 cm³/mol. The Labute approximate surface area is 111 Å². The summed E-state index contributed by atoms with van der Waals surface area (Å²) in [4.78, 5) is 25.3. The fourth-order valence-corrected chi connectivity index (χ4v) is 1.45. The summed E-state index contributed by atoms with van der Waals surface area (Å²) in [6.07, 6.45) is 0.654. The number of carboxylic acids is 1. The first kappa shape index (κ1) is 14.9. The molecule has 0 aromatic carbocycles. The number of nitrogens with zero attached hydrogens (tertiary/aromatic N) is 4. The molecule has 104 valence electrons. The summed E-state index contributed by atoms with van der Waals surface area (Å²) in [5.41, 5.74) is 0.285. The first-order valence-corrected chi connectivity index (χ1v) is 5.90. The van der Waals surface area contributed by atoms with E-state index in [0.29, 0.717) is 18.8 Å². The van der Waals surface area contributed by atoms with E-state index in [2.05, 4.69) is 10.2 Å². The van der Waals surface area contributed by atoms with Crippen molar-refractivity contribution in [2.75, 3.05) is 32.6 Å². The van der Waals surface area contributed by atoms with Crippen molar-refractivity contribution in [3.05, 3.63) is 17.8 Å². The summed E-state index contributed by atoms with van der Waals surface area (Å²) in [5, 5.41) is 16.4. The van der Waals surface area contributed by atoms with Gasteiger partial charge in [0.15, 0.2) is 11.5 Å². The standard InChI is InChI=1S/C12H18N4O3/c1-15(2)12(19)9-6-7-10(14-13-9)16(3)8-4-5-11(17)18/h6-7H,4-5,8H2,1-3H3,(H,17,18). The normalized spacial score (nSPS) is 10.1. The number of hydrogen-bond acceptors (Lipinski definition) is 5. The van der Waals surface area contributed by atoms with E-state index in [9.17, 15) is 9.59 Å². The van der Waals surface area contributed by atoms with Gasteiger partial charge in [-0.2, -0.15) is 0 Å². The van der Waals surface area contributed by atoms with Gasteiger partial charge in [0.25, 0.3) is 5.91 Å². The third-order valence-electron chi connectivity index (χ3n) is 2.55. The van der Waals surface area contributed by atoms with Gasteiger partial charge >= 0.3 is 5.97 Å². The lowest BCUT2D eigenvalue weighted by Gasteiger charge is -2.17. The van der Waals surface area contributed by atoms with Crippen LogP contribution in [0.1, 0.15) is 23.3 Å². The number of anilines is 1. The second kappa shape index (κ2) is 6.67. The summed E-state index contributed by atoms with van der Waals surface area (Å²) in [7, 11) is 5.10. The Bertz CT molecular complexity index is 445. The minimum absolute atomic E-state index is 0.120. The average Bonchev–Trinajstić information content (AvgIpc) is 2.37. The van der Waals surface area contributed by atoms with Gasteiger partial charge in [0.05, 0.1) is 0 Å². The monoisotopic (exact) mass is 266 g/mol. The molecule has 1 aromatic heterocycles. The SMILES string of the molecule is CN(C)C(=O)c1ccc(N(C)CCCC(=O)O)nn1. The maximum Gasteiger partial charge on any atom is 0.303 e. The molecule has 7 heteroatoms. The maximum atomic E-state index is 11.6. The highest BCUT2D eigenvalue weighted by Gasteiger charge is 2.11. The summed E-state index contributed by atoms with van der Waals surface area (Å²) in [6.45, 7) is 0.571. The second-order valence-corrected chi connectivity index (χ2v) is 4.40. The van der Waals surface area contributed by atoms with Gasteiger partial charge in [0, 0.05) is 34.1 Å². The van der Waals surface area contributed by atoms with Gasteiger partial charge in [0.2, 0.25) is 0 Å². The minimum Gasteiger partial charge on any atom is -0.481 e. The molecule has 0 aliphatic carbocycles. The Balaban J connectivity index is 2.60. The Morgan fingerprint density at radius 1 is 1.21 bits per heavy atom. The third kappa shape index (κ3) is 4.53. The van der Waals surface area contributed by atoms with Crippen LogP contribution in [0.25, 0.3) is 0 Å². The number of aromatic nitrogens is 2. The van der Waals surface area contributed by atoms with Crippen molar-refractivity contribution in [3.63, 3.8) is 0 Å². The molecule has 0 aliphatic heterocycles. The zero-order chi connectivity index (χ0) is 14.4. The van der Waals surface area contributed by atoms with Crippen molar-refractivity contribution >= 4 is 17.7 Å². The molecule has 0 saturated heterocycles. The number of hydrogen-bond donors (Lipinski definition) is 1. The molecule has 0 saturated carbocycles. The first-order chi connectivity index (χ1) is 8.91. The fourth-order valence-electron chi connectivity index (χ4n) is 1.45. The van der Waals surface area contributed by atoms with Crippen molar-refractivity contribution < 1.29 is 14.7 Å². The fraction of sp³-hybridized carbons (Fsp3) is 0.500. The van der Waals surface area contributed by atoms with E-state index < -0.39 is 5.97 Å². The molecular weight excluding hydrogens is 248 g/mol. The molecule has 0 fully saturated rings. The molecule has 0 radical (unpaired) electrons. The van der Waals surface area contributed by atoms with Gasteiger partial charge in [-0.3, -0.25) is 9.59 Å². The van der Waals surface area contributed by atoms with E-state index >= 15 is 0 Å². The minimum atomic E-state index is -0.814. The molecule has 0 bridgehead atoms. The van der Waals surface area contributed by atoms with E-state index in [1.165, 1.54) is 4.90 Å². The van der Waals surface area contributed by atoms with E-state index in [0.717, 1.165) is 0 Å². The number of carbonyl (C=O) groups excluding carboxylic acids is 1. The smallest absolute Gasteiger partial charge is 0.303 e. The third-order valence-corrected chi connectivity index (χ3v) is 2.55. The molecule has 1 N–H and O–H groups in total. The van der Waals surface area contributed by atoms with Gasteiger partial charge in [-0.25, -0.2) is 0 Å². The molecule has 1 aromatic rings. The van der Waals surface area contributed by atoms with Crippen molar-refractivity contribution in [2.24, 2.45) is 0 Å². The molecular formula is C12H18N4O3. The van der Waals surface area contributed by atoms with Gasteiger partial charge in [0.1, 0.15) is 0 Å². The lowest BCUT2D eigenvalue weighted by atomic mass is 10.3.